The van der Waals surface area contributed by atoms with Crippen LogP contribution in [0.4, 0.5) is 4.39 Å². The summed E-state index contributed by atoms with van der Waals surface area (Å²) < 4.78 is 14.4. The average molecular weight is 377 g/mol. The Labute approximate surface area is 152 Å². The number of thioether (sulfide) groups is 1. The molecule has 0 bridgehead atoms. The van der Waals surface area contributed by atoms with Gasteiger partial charge in [-0.1, -0.05) is 12.1 Å². The summed E-state index contributed by atoms with van der Waals surface area (Å²) in [4.78, 5) is 30.8. The Morgan fingerprint density at radius 3 is 2.88 bits per heavy atom. The van der Waals surface area contributed by atoms with Crippen LogP contribution in [0.1, 0.15) is 11.3 Å². The molecule has 1 amide bonds. The zero-order valence-corrected chi connectivity index (χ0v) is 15.1. The van der Waals surface area contributed by atoms with Crippen molar-refractivity contribution in [3.63, 3.8) is 0 Å². The molecule has 0 spiro atoms. The van der Waals surface area contributed by atoms with E-state index < -0.39 is 0 Å². The van der Waals surface area contributed by atoms with Crippen LogP contribution in [-0.2, 0) is 17.1 Å². The fraction of sp³-hybridized carbons (Fsp3) is 0.235. The van der Waals surface area contributed by atoms with Crippen LogP contribution in [0.25, 0.3) is 4.96 Å². The number of hydrogen-bond donors (Lipinski definition) is 0. The molecule has 0 saturated carbocycles. The number of aromatic nitrogens is 2. The van der Waals surface area contributed by atoms with Crippen LogP contribution in [0.15, 0.2) is 46.7 Å². The predicted octanol–water partition coefficient (Wildman–Crippen LogP) is 2.79. The van der Waals surface area contributed by atoms with Crippen LogP contribution in [-0.4, -0.2) is 33.0 Å². The molecule has 0 saturated heterocycles. The molecule has 2 heterocycles. The summed E-state index contributed by atoms with van der Waals surface area (Å²) >= 11 is 2.82. The minimum Gasteiger partial charge on any atom is -0.341 e. The van der Waals surface area contributed by atoms with Gasteiger partial charge in [0.25, 0.3) is 5.56 Å². The van der Waals surface area contributed by atoms with E-state index in [1.807, 2.05) is 5.38 Å². The van der Waals surface area contributed by atoms with E-state index in [2.05, 4.69) is 4.98 Å². The minimum absolute atomic E-state index is 0.0248. The number of fused-ring (bicyclic) bond motifs is 1. The molecule has 3 aromatic rings. The molecule has 0 radical (unpaired) electrons. The Morgan fingerprint density at radius 2 is 2.12 bits per heavy atom. The third-order valence-corrected chi connectivity index (χ3v) is 5.30. The minimum atomic E-state index is -0.292. The molecule has 0 aliphatic rings. The largest absolute Gasteiger partial charge is 0.341 e. The smallest absolute Gasteiger partial charge is 0.258 e. The van der Waals surface area contributed by atoms with Gasteiger partial charge < -0.3 is 4.90 Å². The van der Waals surface area contributed by atoms with E-state index in [1.54, 1.807) is 30.3 Å². The highest BCUT2D eigenvalue weighted by molar-refractivity contribution is 7.99. The maximum atomic E-state index is 12.9. The van der Waals surface area contributed by atoms with Crippen molar-refractivity contribution in [1.29, 1.82) is 0 Å². The fourth-order valence-electron chi connectivity index (χ4n) is 2.27. The molecule has 1 aromatic carbocycles. The number of nitrogens with zero attached hydrogens (tertiary/aromatic N) is 3. The summed E-state index contributed by atoms with van der Waals surface area (Å²) in [6.45, 7) is 0.431. The molecule has 130 valence electrons. The topological polar surface area (TPSA) is 54.7 Å². The van der Waals surface area contributed by atoms with Gasteiger partial charge in [-0.3, -0.25) is 14.0 Å². The first-order valence-corrected chi connectivity index (χ1v) is 9.58. The van der Waals surface area contributed by atoms with Crippen molar-refractivity contribution in [2.24, 2.45) is 0 Å². The summed E-state index contributed by atoms with van der Waals surface area (Å²) in [6, 6.07) is 7.60. The van der Waals surface area contributed by atoms with Crippen LogP contribution in [0, 0.1) is 5.82 Å². The van der Waals surface area contributed by atoms with Crippen LogP contribution in [0.3, 0.4) is 0 Å². The van der Waals surface area contributed by atoms with Gasteiger partial charge in [0.05, 0.1) is 11.4 Å². The van der Waals surface area contributed by atoms with E-state index >= 15 is 0 Å². The van der Waals surface area contributed by atoms with Crippen LogP contribution in [0.2, 0.25) is 0 Å². The van der Waals surface area contributed by atoms with Gasteiger partial charge in [0.15, 0.2) is 4.96 Å². The number of carbonyl (C=O) groups is 1. The monoisotopic (exact) mass is 377 g/mol. The molecule has 3 rings (SSSR count). The first-order chi connectivity index (χ1) is 12.0. The van der Waals surface area contributed by atoms with E-state index in [4.69, 9.17) is 0 Å². The Balaban J connectivity index is 1.52. The molecule has 0 N–H and O–H groups in total. The van der Waals surface area contributed by atoms with E-state index in [0.29, 0.717) is 28.7 Å². The highest BCUT2D eigenvalue weighted by atomic mass is 32.2. The van der Waals surface area contributed by atoms with Crippen molar-refractivity contribution in [2.75, 3.05) is 12.8 Å². The van der Waals surface area contributed by atoms with Crippen LogP contribution < -0.4 is 5.56 Å². The maximum Gasteiger partial charge on any atom is 0.258 e. The van der Waals surface area contributed by atoms with Gasteiger partial charge in [-0.15, -0.1) is 23.1 Å². The normalized spacial score (nSPS) is 11.0. The highest BCUT2D eigenvalue weighted by Crippen LogP contribution is 2.13. The number of rotatable bonds is 6. The third kappa shape index (κ3) is 4.46. The number of carbonyl (C=O) groups excluding carboxylic acids is 1. The van der Waals surface area contributed by atoms with Crippen LogP contribution in [0.5, 0.6) is 0 Å². The first-order valence-electron chi connectivity index (χ1n) is 7.55. The van der Waals surface area contributed by atoms with Gasteiger partial charge in [0.1, 0.15) is 5.82 Å². The second kappa shape index (κ2) is 7.79. The summed E-state index contributed by atoms with van der Waals surface area (Å²) in [7, 11) is 1.72. The predicted molar refractivity (Wildman–Crippen MR) is 98.4 cm³/mol. The molecule has 8 heteroatoms. The van der Waals surface area contributed by atoms with E-state index in [0.717, 1.165) is 5.56 Å². The molecule has 25 heavy (non-hydrogen) atoms. The third-order valence-electron chi connectivity index (χ3n) is 3.59. The maximum absolute atomic E-state index is 12.9. The summed E-state index contributed by atoms with van der Waals surface area (Å²) in [5.41, 5.74) is 1.44. The van der Waals surface area contributed by atoms with Gasteiger partial charge in [0, 0.05) is 37.0 Å². The second-order valence-corrected chi connectivity index (χ2v) is 7.37. The van der Waals surface area contributed by atoms with Gasteiger partial charge in [-0.25, -0.2) is 9.37 Å². The average Bonchev–Trinajstić information content (AvgIpc) is 3.06. The number of halogens is 1. The van der Waals surface area contributed by atoms with Crippen molar-refractivity contribution in [2.45, 2.75) is 12.3 Å². The second-order valence-electron chi connectivity index (χ2n) is 5.51. The lowest BCUT2D eigenvalue weighted by molar-refractivity contribution is -0.127. The zero-order chi connectivity index (χ0) is 17.8. The number of amides is 1. The lowest BCUT2D eigenvalue weighted by atomic mass is 10.2. The van der Waals surface area contributed by atoms with Crippen molar-refractivity contribution in [3.05, 3.63) is 69.3 Å². The number of hydrogen-bond acceptors (Lipinski definition) is 5. The molecular formula is C17H16FN3O2S2. The molecule has 2 aromatic heterocycles. The van der Waals surface area contributed by atoms with Crippen molar-refractivity contribution in [1.82, 2.24) is 14.3 Å². The lowest BCUT2D eigenvalue weighted by Gasteiger charge is -2.17. The highest BCUT2D eigenvalue weighted by Gasteiger charge is 2.10. The van der Waals surface area contributed by atoms with Gasteiger partial charge in [-0.05, 0) is 17.7 Å². The quantitative estimate of drug-likeness (QED) is 0.663. The number of benzene rings is 1. The Morgan fingerprint density at radius 1 is 1.36 bits per heavy atom. The molecular weight excluding hydrogens is 361 g/mol. The first kappa shape index (κ1) is 17.6. The Bertz CT molecular complexity index is 937. The van der Waals surface area contributed by atoms with Crippen molar-refractivity contribution in [3.8, 4) is 0 Å². The van der Waals surface area contributed by atoms with Crippen molar-refractivity contribution < 1.29 is 9.18 Å². The van der Waals surface area contributed by atoms with E-state index in [1.165, 1.54) is 45.7 Å². The molecule has 0 unspecified atom stereocenters. The molecule has 0 aliphatic heterocycles. The SMILES string of the molecule is CN(Cc1ccc(F)cc1)C(=O)CSCc1cc(=O)n2ccsc2n1. The Hall–Kier alpha value is -2.19. The van der Waals surface area contributed by atoms with Crippen LogP contribution >= 0.6 is 23.1 Å². The zero-order valence-electron chi connectivity index (χ0n) is 13.5. The Kier molecular flexibility index (Phi) is 5.50. The fourth-order valence-corrected chi connectivity index (χ4v) is 3.86. The van der Waals surface area contributed by atoms with E-state index in [9.17, 15) is 14.0 Å². The van der Waals surface area contributed by atoms with Crippen molar-refractivity contribution >= 4 is 34.0 Å². The van der Waals surface area contributed by atoms with Gasteiger partial charge in [-0.2, -0.15) is 0 Å². The van der Waals surface area contributed by atoms with Gasteiger partial charge >= 0.3 is 0 Å². The lowest BCUT2D eigenvalue weighted by Crippen LogP contribution is -2.27. The molecule has 5 nitrogen and oxygen atoms in total. The summed E-state index contributed by atoms with van der Waals surface area (Å²) in [5.74, 6) is 0.478. The molecule has 0 atom stereocenters. The van der Waals surface area contributed by atoms with Gasteiger partial charge in [0.2, 0.25) is 5.91 Å². The standard InChI is InChI=1S/C17H16FN3O2S2/c1-20(9-12-2-4-13(18)5-3-12)16(23)11-24-10-14-8-15(22)21-6-7-25-17(21)19-14/h2-8H,9-11H2,1H3. The molecule has 0 aliphatic carbocycles. The summed E-state index contributed by atoms with van der Waals surface area (Å²) in [6.07, 6.45) is 1.69. The number of thiazole rings is 1. The van der Waals surface area contributed by atoms with E-state index in [-0.39, 0.29) is 17.3 Å². The molecule has 0 fully saturated rings. The summed E-state index contributed by atoms with van der Waals surface area (Å²) in [5, 5.41) is 1.81.